The molecule has 0 saturated heterocycles. The quantitative estimate of drug-likeness (QED) is 0.162. The Labute approximate surface area is 389 Å². The van der Waals surface area contributed by atoms with E-state index in [-0.39, 0.29) is 0 Å². The van der Waals surface area contributed by atoms with E-state index in [1.807, 2.05) is 0 Å². The van der Waals surface area contributed by atoms with Crippen LogP contribution in [0.15, 0.2) is 255 Å². The minimum atomic E-state index is -0.468. The van der Waals surface area contributed by atoms with Gasteiger partial charge < -0.3 is 9.47 Å². The predicted molar refractivity (Wildman–Crippen MR) is 280 cm³/mol. The van der Waals surface area contributed by atoms with Crippen molar-refractivity contribution in [1.82, 2.24) is 4.57 Å². The first kappa shape index (κ1) is 37.6. The molecule has 0 N–H and O–H groups in total. The molecular weight excluding hydrogens is 809 g/mol. The lowest BCUT2D eigenvalue weighted by Gasteiger charge is -2.32. The number of aromatic nitrogens is 1. The standard InChI is InChI=1S/C65H42N2/c1-3-19-45(20-4-1)63-49-23-8-7-18-43(49)36-40-50(63)44-34-37-47(38-35-44)66(61-32-17-33-62-64(61)55-27-12-16-31-60(55)67(62)46-21-5-2-6-22-46)48-39-41-54-53-26-11-15-30-58(53)65(59(54)42-48)56-28-13-9-24-51(56)52-25-10-14-29-57(52)65/h1-42H. The fourth-order valence-corrected chi connectivity index (χ4v) is 11.9. The molecule has 2 aliphatic carbocycles. The number of hydrogen-bond donors (Lipinski definition) is 0. The molecular formula is C65H42N2. The van der Waals surface area contributed by atoms with Crippen molar-refractivity contribution >= 4 is 49.6 Å². The van der Waals surface area contributed by atoms with E-state index in [0.717, 1.165) is 22.7 Å². The summed E-state index contributed by atoms with van der Waals surface area (Å²) in [6.07, 6.45) is 0. The number of nitrogens with zero attached hydrogens (tertiary/aromatic N) is 2. The SMILES string of the molecule is c1ccc(-c2c(-c3ccc(N(c4ccc5c(c4)C4(c6ccccc6-c6ccccc64)c4ccccc4-5)c4cccc5c4c4ccccc4n5-c4ccccc4)cc3)ccc3ccccc23)cc1. The second kappa shape index (κ2) is 14.7. The van der Waals surface area contributed by atoms with Gasteiger partial charge in [0.25, 0.3) is 0 Å². The summed E-state index contributed by atoms with van der Waals surface area (Å²) in [6, 6.07) is 94.4. The third kappa shape index (κ3) is 5.39. The Kier molecular flexibility index (Phi) is 8.23. The highest BCUT2D eigenvalue weighted by Gasteiger charge is 2.51. The van der Waals surface area contributed by atoms with Gasteiger partial charge >= 0.3 is 0 Å². The molecule has 1 aromatic heterocycles. The summed E-state index contributed by atoms with van der Waals surface area (Å²) in [6.45, 7) is 0. The third-order valence-electron chi connectivity index (χ3n) is 14.6. The average molecular weight is 851 g/mol. The molecule has 1 heterocycles. The van der Waals surface area contributed by atoms with Crippen LogP contribution < -0.4 is 4.90 Å². The second-order valence-corrected chi connectivity index (χ2v) is 17.9. The first-order valence-electron chi connectivity index (χ1n) is 23.3. The Bertz CT molecular complexity index is 3850. The molecule has 1 spiro atoms. The van der Waals surface area contributed by atoms with E-state index in [1.165, 1.54) is 99.3 Å². The van der Waals surface area contributed by atoms with Crippen molar-refractivity contribution in [2.75, 3.05) is 4.90 Å². The van der Waals surface area contributed by atoms with E-state index in [0.29, 0.717) is 0 Å². The molecule has 11 aromatic carbocycles. The zero-order valence-electron chi connectivity index (χ0n) is 36.6. The van der Waals surface area contributed by atoms with Crippen LogP contribution >= 0.6 is 0 Å². The lowest BCUT2D eigenvalue weighted by Crippen LogP contribution is -2.26. The molecule has 0 radical (unpaired) electrons. The van der Waals surface area contributed by atoms with Gasteiger partial charge in [-0.2, -0.15) is 0 Å². The number of anilines is 3. The number of para-hydroxylation sites is 2. The third-order valence-corrected chi connectivity index (χ3v) is 14.6. The Balaban J connectivity index is 1.03. The van der Waals surface area contributed by atoms with Crippen molar-refractivity contribution in [2.45, 2.75) is 5.41 Å². The highest BCUT2D eigenvalue weighted by molar-refractivity contribution is 6.17. The summed E-state index contributed by atoms with van der Waals surface area (Å²) in [5.74, 6) is 0. The normalized spacial score (nSPS) is 12.9. The van der Waals surface area contributed by atoms with Crippen molar-refractivity contribution in [3.8, 4) is 50.2 Å². The Morgan fingerprint density at radius 3 is 1.57 bits per heavy atom. The monoisotopic (exact) mass is 850 g/mol. The summed E-state index contributed by atoms with van der Waals surface area (Å²) < 4.78 is 2.42. The Morgan fingerprint density at radius 2 is 0.866 bits per heavy atom. The molecule has 2 aliphatic rings. The molecule has 12 aromatic rings. The predicted octanol–water partition coefficient (Wildman–Crippen LogP) is 17.1. The van der Waals surface area contributed by atoms with E-state index in [1.54, 1.807) is 0 Å². The van der Waals surface area contributed by atoms with Crippen molar-refractivity contribution in [2.24, 2.45) is 0 Å². The van der Waals surface area contributed by atoms with Crippen LogP contribution in [0, 0.1) is 0 Å². The van der Waals surface area contributed by atoms with Gasteiger partial charge in [0.2, 0.25) is 0 Å². The lowest BCUT2D eigenvalue weighted by molar-refractivity contribution is 0.793. The van der Waals surface area contributed by atoms with Crippen molar-refractivity contribution in [3.05, 3.63) is 277 Å². The van der Waals surface area contributed by atoms with Gasteiger partial charge in [-0.05, 0) is 132 Å². The maximum absolute atomic E-state index is 2.51. The fraction of sp³-hybridized carbons (Fsp3) is 0.0154. The Hall–Kier alpha value is -8.72. The van der Waals surface area contributed by atoms with Crippen LogP contribution in [-0.4, -0.2) is 4.57 Å². The maximum atomic E-state index is 2.51. The second-order valence-electron chi connectivity index (χ2n) is 17.9. The molecule has 0 saturated carbocycles. The number of fused-ring (bicyclic) bond motifs is 14. The first-order chi connectivity index (χ1) is 33.3. The molecule has 0 bridgehead atoms. The molecule has 14 rings (SSSR count). The molecule has 0 amide bonds. The van der Waals surface area contributed by atoms with Gasteiger partial charge in [-0.15, -0.1) is 0 Å². The number of benzene rings is 11. The fourth-order valence-electron chi connectivity index (χ4n) is 11.9. The highest BCUT2D eigenvalue weighted by Crippen LogP contribution is 2.63. The van der Waals surface area contributed by atoms with Crippen molar-refractivity contribution in [3.63, 3.8) is 0 Å². The zero-order chi connectivity index (χ0) is 44.1. The van der Waals surface area contributed by atoms with Crippen LogP contribution in [0.2, 0.25) is 0 Å². The average Bonchev–Trinajstić information content (AvgIpc) is 4.01. The summed E-state index contributed by atoms with van der Waals surface area (Å²) in [5.41, 5.74) is 21.7. The molecule has 0 fully saturated rings. The largest absolute Gasteiger partial charge is 0.310 e. The molecule has 0 unspecified atom stereocenters. The van der Waals surface area contributed by atoms with Gasteiger partial charge in [0, 0.05) is 27.8 Å². The van der Waals surface area contributed by atoms with Crippen LogP contribution in [0.25, 0.3) is 82.8 Å². The van der Waals surface area contributed by atoms with Crippen molar-refractivity contribution in [1.29, 1.82) is 0 Å². The summed E-state index contributed by atoms with van der Waals surface area (Å²) >= 11 is 0. The molecule has 312 valence electrons. The van der Waals surface area contributed by atoms with Crippen LogP contribution in [0.3, 0.4) is 0 Å². The first-order valence-corrected chi connectivity index (χ1v) is 23.3. The number of hydrogen-bond acceptors (Lipinski definition) is 1. The van der Waals surface area contributed by atoms with Gasteiger partial charge in [-0.25, -0.2) is 0 Å². The summed E-state index contributed by atoms with van der Waals surface area (Å²) in [7, 11) is 0. The summed E-state index contributed by atoms with van der Waals surface area (Å²) in [5, 5.41) is 4.91. The topological polar surface area (TPSA) is 8.17 Å². The van der Waals surface area contributed by atoms with Crippen LogP contribution in [0.1, 0.15) is 22.3 Å². The van der Waals surface area contributed by atoms with Crippen LogP contribution in [0.4, 0.5) is 17.1 Å². The zero-order valence-corrected chi connectivity index (χ0v) is 36.6. The smallest absolute Gasteiger partial charge is 0.0726 e. The van der Waals surface area contributed by atoms with Crippen LogP contribution in [-0.2, 0) is 5.41 Å². The van der Waals surface area contributed by atoms with Gasteiger partial charge in [-0.1, -0.05) is 200 Å². The highest BCUT2D eigenvalue weighted by atomic mass is 15.1. The van der Waals surface area contributed by atoms with Gasteiger partial charge in [0.05, 0.1) is 22.1 Å². The van der Waals surface area contributed by atoms with Gasteiger partial charge in [0.15, 0.2) is 0 Å². The molecule has 67 heavy (non-hydrogen) atoms. The van der Waals surface area contributed by atoms with E-state index < -0.39 is 5.41 Å². The van der Waals surface area contributed by atoms with E-state index >= 15 is 0 Å². The maximum Gasteiger partial charge on any atom is 0.0726 e. The minimum absolute atomic E-state index is 0.468. The van der Waals surface area contributed by atoms with E-state index in [2.05, 4.69) is 264 Å². The Morgan fingerprint density at radius 1 is 0.328 bits per heavy atom. The van der Waals surface area contributed by atoms with Crippen molar-refractivity contribution < 1.29 is 0 Å². The number of rotatable bonds is 6. The van der Waals surface area contributed by atoms with Gasteiger partial charge in [0.1, 0.15) is 0 Å². The summed E-state index contributed by atoms with van der Waals surface area (Å²) in [4.78, 5) is 2.51. The van der Waals surface area contributed by atoms with E-state index in [4.69, 9.17) is 0 Å². The van der Waals surface area contributed by atoms with Crippen LogP contribution in [0.5, 0.6) is 0 Å². The van der Waals surface area contributed by atoms with Gasteiger partial charge in [-0.3, -0.25) is 0 Å². The lowest BCUT2D eigenvalue weighted by atomic mass is 9.70. The molecule has 0 aliphatic heterocycles. The minimum Gasteiger partial charge on any atom is -0.310 e. The van der Waals surface area contributed by atoms with E-state index in [9.17, 15) is 0 Å². The molecule has 2 nitrogen and oxygen atoms in total. The molecule has 2 heteroatoms. The molecule has 0 atom stereocenters.